The molecule has 41 heavy (non-hydrogen) atoms. The van der Waals surface area contributed by atoms with Gasteiger partial charge in [-0.25, -0.2) is 0 Å². The van der Waals surface area contributed by atoms with Gasteiger partial charge >= 0.3 is 6.18 Å². The molecule has 3 aromatic rings. The topological polar surface area (TPSA) is 102 Å². The van der Waals surface area contributed by atoms with Crippen LogP contribution in [0.15, 0.2) is 66.7 Å². The van der Waals surface area contributed by atoms with Gasteiger partial charge < -0.3 is 15.0 Å². The molecule has 1 fully saturated rings. The van der Waals surface area contributed by atoms with Gasteiger partial charge in [0.1, 0.15) is 5.75 Å². The molecule has 11 heteroatoms. The molecule has 3 aromatic carbocycles. The number of hydrogen-bond donors (Lipinski definition) is 1. The summed E-state index contributed by atoms with van der Waals surface area (Å²) in [6.07, 6.45) is -0.524. The van der Waals surface area contributed by atoms with E-state index in [4.69, 9.17) is 4.74 Å². The van der Waals surface area contributed by atoms with Crippen LogP contribution in [0.1, 0.15) is 64.7 Å². The van der Waals surface area contributed by atoms with E-state index in [0.717, 1.165) is 37.5 Å². The standard InChI is InChI=1S/C30H28F3N3O5/c1-41-24-13-10-19(11-14-24)18-35-27(37)25-17-23(36(39)40)12-15-26(25)29(35,28(38)34-22-8-3-2-4-9-22)20-6-5-7-21(16-20)30(31,32)33/h5-7,10-17,22H,2-4,8-9,18H2,1H3,(H,34,38). The first-order chi connectivity index (χ1) is 19.5. The summed E-state index contributed by atoms with van der Waals surface area (Å²) in [4.78, 5) is 40.7. The van der Waals surface area contributed by atoms with Crippen molar-refractivity contribution >= 4 is 17.5 Å². The third-order valence-corrected chi connectivity index (χ3v) is 7.86. The predicted octanol–water partition coefficient (Wildman–Crippen LogP) is 5.97. The van der Waals surface area contributed by atoms with Gasteiger partial charge in [-0.3, -0.25) is 19.7 Å². The SMILES string of the molecule is COc1ccc(CN2C(=O)c3cc([N+](=O)[O-])ccc3C2(C(=O)NC2CCCCC2)c2cccc(C(F)(F)F)c2)cc1. The molecule has 2 aliphatic rings. The van der Waals surface area contributed by atoms with E-state index < -0.39 is 34.0 Å². The summed E-state index contributed by atoms with van der Waals surface area (Å²) in [6.45, 7) is -0.153. The third kappa shape index (κ3) is 5.12. The highest BCUT2D eigenvalue weighted by atomic mass is 19.4. The summed E-state index contributed by atoms with van der Waals surface area (Å²) in [5, 5.41) is 14.6. The van der Waals surface area contributed by atoms with Crippen molar-refractivity contribution in [3.05, 3.63) is 105 Å². The fraction of sp³-hybridized carbons (Fsp3) is 0.333. The van der Waals surface area contributed by atoms with Crippen molar-refractivity contribution in [2.24, 2.45) is 0 Å². The van der Waals surface area contributed by atoms with Gasteiger partial charge in [0.2, 0.25) is 0 Å². The van der Waals surface area contributed by atoms with Crippen molar-refractivity contribution in [1.82, 2.24) is 10.2 Å². The second-order valence-electron chi connectivity index (χ2n) is 10.3. The van der Waals surface area contributed by atoms with Crippen LogP contribution in [-0.4, -0.2) is 34.8 Å². The van der Waals surface area contributed by atoms with Gasteiger partial charge in [0.15, 0.2) is 5.54 Å². The molecule has 2 amide bonds. The van der Waals surface area contributed by atoms with E-state index in [2.05, 4.69) is 5.32 Å². The number of benzene rings is 3. The monoisotopic (exact) mass is 567 g/mol. The van der Waals surface area contributed by atoms with E-state index in [1.54, 1.807) is 24.3 Å². The summed E-state index contributed by atoms with van der Waals surface area (Å²) in [7, 11) is 1.50. The highest BCUT2D eigenvalue weighted by molar-refractivity contribution is 6.09. The predicted molar refractivity (Wildman–Crippen MR) is 143 cm³/mol. The summed E-state index contributed by atoms with van der Waals surface area (Å²) in [5.41, 5.74) is -2.85. The molecule has 1 aliphatic carbocycles. The Hall–Kier alpha value is -4.41. The van der Waals surface area contributed by atoms with Gasteiger partial charge in [-0.15, -0.1) is 0 Å². The molecular formula is C30H28F3N3O5. The number of ether oxygens (including phenoxy) is 1. The molecule has 0 spiro atoms. The summed E-state index contributed by atoms with van der Waals surface area (Å²) in [6, 6.07) is 14.4. The van der Waals surface area contributed by atoms with Crippen molar-refractivity contribution in [2.45, 2.75) is 56.4 Å². The average Bonchev–Trinajstić information content (AvgIpc) is 3.21. The highest BCUT2D eigenvalue weighted by Crippen LogP contribution is 2.48. The van der Waals surface area contributed by atoms with Crippen molar-refractivity contribution in [2.75, 3.05) is 7.11 Å². The summed E-state index contributed by atoms with van der Waals surface area (Å²) < 4.78 is 47.0. The summed E-state index contributed by atoms with van der Waals surface area (Å²) in [5.74, 6) is -0.798. The van der Waals surface area contributed by atoms with Crippen LogP contribution in [0, 0.1) is 10.1 Å². The normalized spacial score (nSPS) is 19.1. The molecule has 0 bridgehead atoms. The molecule has 8 nitrogen and oxygen atoms in total. The lowest BCUT2D eigenvalue weighted by atomic mass is 9.80. The van der Waals surface area contributed by atoms with Crippen molar-refractivity contribution < 1.29 is 32.4 Å². The third-order valence-electron chi connectivity index (χ3n) is 7.86. The van der Waals surface area contributed by atoms with E-state index in [1.807, 2.05) is 0 Å². The Morgan fingerprint density at radius 3 is 2.41 bits per heavy atom. The number of rotatable bonds is 7. The van der Waals surface area contributed by atoms with Gasteiger partial charge in [-0.2, -0.15) is 13.2 Å². The fourth-order valence-corrected chi connectivity index (χ4v) is 5.83. The largest absolute Gasteiger partial charge is 0.497 e. The number of amides is 2. The lowest BCUT2D eigenvalue weighted by Crippen LogP contribution is -2.57. The van der Waals surface area contributed by atoms with Gasteiger partial charge in [-0.05, 0) is 54.3 Å². The van der Waals surface area contributed by atoms with Crippen LogP contribution < -0.4 is 10.1 Å². The zero-order valence-electron chi connectivity index (χ0n) is 22.2. The molecule has 5 rings (SSSR count). The van der Waals surface area contributed by atoms with Gasteiger partial charge in [-0.1, -0.05) is 43.5 Å². The van der Waals surface area contributed by atoms with Crippen molar-refractivity contribution in [3.8, 4) is 5.75 Å². The first kappa shape index (κ1) is 28.1. The van der Waals surface area contributed by atoms with Crippen molar-refractivity contribution in [3.63, 3.8) is 0 Å². The van der Waals surface area contributed by atoms with Crippen LogP contribution in [-0.2, 0) is 23.1 Å². The number of nitro benzene ring substituents is 1. The Morgan fingerprint density at radius 1 is 1.07 bits per heavy atom. The van der Waals surface area contributed by atoms with Crippen LogP contribution in [0.4, 0.5) is 18.9 Å². The maximum Gasteiger partial charge on any atom is 0.416 e. The first-order valence-electron chi connectivity index (χ1n) is 13.3. The number of methoxy groups -OCH3 is 1. The van der Waals surface area contributed by atoms with Gasteiger partial charge in [0, 0.05) is 30.3 Å². The van der Waals surface area contributed by atoms with E-state index in [9.17, 15) is 32.9 Å². The van der Waals surface area contributed by atoms with Crippen LogP contribution >= 0.6 is 0 Å². The lowest BCUT2D eigenvalue weighted by molar-refractivity contribution is -0.384. The number of hydrogen-bond acceptors (Lipinski definition) is 5. The maximum atomic E-state index is 14.5. The summed E-state index contributed by atoms with van der Waals surface area (Å²) >= 11 is 0. The molecular weight excluding hydrogens is 539 g/mol. The van der Waals surface area contributed by atoms with Crippen LogP contribution in [0.2, 0.25) is 0 Å². The highest BCUT2D eigenvalue weighted by Gasteiger charge is 2.57. The number of fused-ring (bicyclic) bond motifs is 1. The Morgan fingerprint density at radius 2 is 1.78 bits per heavy atom. The molecule has 1 N–H and O–H groups in total. The number of nitrogens with zero attached hydrogens (tertiary/aromatic N) is 2. The lowest BCUT2D eigenvalue weighted by Gasteiger charge is -2.40. The molecule has 214 valence electrons. The minimum atomic E-state index is -4.71. The number of nitrogens with one attached hydrogen (secondary N) is 1. The Labute approximate surface area is 234 Å². The van der Waals surface area contributed by atoms with Gasteiger partial charge in [0.05, 0.1) is 23.2 Å². The average molecular weight is 568 g/mol. The first-order valence-corrected chi connectivity index (χ1v) is 13.3. The number of carbonyl (C=O) groups excluding carboxylic acids is 2. The van der Waals surface area contributed by atoms with Crippen molar-refractivity contribution in [1.29, 1.82) is 0 Å². The number of nitro groups is 1. The molecule has 1 aliphatic heterocycles. The number of halogens is 3. The number of alkyl halides is 3. The quantitative estimate of drug-likeness (QED) is 0.280. The molecule has 0 radical (unpaired) electrons. The fourth-order valence-electron chi connectivity index (χ4n) is 5.83. The molecule has 1 heterocycles. The zero-order valence-corrected chi connectivity index (χ0v) is 22.2. The Balaban J connectivity index is 1.74. The maximum absolute atomic E-state index is 14.5. The molecule has 1 atom stereocenters. The minimum absolute atomic E-state index is 0.0601. The smallest absolute Gasteiger partial charge is 0.416 e. The van der Waals surface area contributed by atoms with E-state index >= 15 is 0 Å². The second-order valence-corrected chi connectivity index (χ2v) is 10.3. The van der Waals surface area contributed by atoms with E-state index in [-0.39, 0.29) is 35.0 Å². The molecule has 0 saturated heterocycles. The molecule has 1 unspecified atom stereocenters. The van der Waals surface area contributed by atoms with E-state index in [1.165, 1.54) is 36.3 Å². The molecule has 1 saturated carbocycles. The van der Waals surface area contributed by atoms with Gasteiger partial charge in [0.25, 0.3) is 17.5 Å². The second kappa shape index (κ2) is 10.9. The van der Waals surface area contributed by atoms with Crippen LogP contribution in [0.5, 0.6) is 5.75 Å². The number of carbonyl (C=O) groups is 2. The Kier molecular flexibility index (Phi) is 7.46. The molecule has 0 aromatic heterocycles. The minimum Gasteiger partial charge on any atom is -0.497 e. The number of non-ortho nitro benzene ring substituents is 1. The van der Waals surface area contributed by atoms with Crippen LogP contribution in [0.3, 0.4) is 0 Å². The van der Waals surface area contributed by atoms with E-state index in [0.29, 0.717) is 24.2 Å². The van der Waals surface area contributed by atoms with Crippen LogP contribution in [0.25, 0.3) is 0 Å². The Bertz CT molecular complexity index is 1490. The zero-order chi connectivity index (χ0) is 29.4.